The van der Waals surface area contributed by atoms with E-state index in [1.54, 1.807) is 17.5 Å². The van der Waals surface area contributed by atoms with Crippen LogP contribution in [0.25, 0.3) is 0 Å². The summed E-state index contributed by atoms with van der Waals surface area (Å²) in [4.78, 5) is 5.11. The van der Waals surface area contributed by atoms with Gasteiger partial charge in [0.25, 0.3) is 0 Å². The second-order valence-electron chi connectivity index (χ2n) is 1.80. The van der Waals surface area contributed by atoms with E-state index in [0.717, 1.165) is 8.79 Å². The summed E-state index contributed by atoms with van der Waals surface area (Å²) in [6.07, 6.45) is 1.79. The van der Waals surface area contributed by atoms with Crippen LogP contribution in [0.15, 0.2) is 10.1 Å². The number of hydrogen-bond donors (Lipinski definition) is 1. The molecule has 2 nitrogen and oxygen atoms in total. The Hall–Kier alpha value is 0.0700. The Morgan fingerprint density at radius 1 is 1.89 bits per heavy atom. The summed E-state index contributed by atoms with van der Waals surface area (Å²) in [7, 11) is 0. The molecule has 0 aliphatic carbocycles. The van der Waals surface area contributed by atoms with Crippen LogP contribution in [0.5, 0.6) is 0 Å². The Morgan fingerprint density at radius 3 is 2.78 bits per heavy atom. The fraction of sp³-hybridized carbons (Fsp3) is 0.400. The Labute approximate surface area is 66.2 Å². The van der Waals surface area contributed by atoms with Gasteiger partial charge in [0.2, 0.25) is 0 Å². The summed E-state index contributed by atoms with van der Waals surface area (Å²) in [5.41, 5.74) is 5.58. The van der Waals surface area contributed by atoms with Gasteiger partial charge < -0.3 is 5.73 Å². The first kappa shape index (κ1) is 7.18. The van der Waals surface area contributed by atoms with Crippen molar-refractivity contribution in [3.63, 3.8) is 0 Å². The summed E-state index contributed by atoms with van der Waals surface area (Å²) < 4.78 is 0.898. The van der Waals surface area contributed by atoms with Crippen LogP contribution in [0, 0.1) is 0 Å². The van der Waals surface area contributed by atoms with Crippen LogP contribution in [0.1, 0.15) is 17.8 Å². The van der Waals surface area contributed by atoms with Crippen LogP contribution in [0.4, 0.5) is 0 Å². The molecule has 1 heterocycles. The van der Waals surface area contributed by atoms with Crippen molar-refractivity contribution in [3.8, 4) is 0 Å². The molecule has 1 aromatic heterocycles. The average molecular weight is 207 g/mol. The molecule has 0 amide bonds. The summed E-state index contributed by atoms with van der Waals surface area (Å²) in [5.74, 6) is 0. The third-order valence-electron chi connectivity index (χ3n) is 0.944. The van der Waals surface area contributed by atoms with E-state index >= 15 is 0 Å². The molecular weight excluding hydrogens is 200 g/mol. The fourth-order valence-electron chi connectivity index (χ4n) is 0.475. The molecule has 1 rings (SSSR count). The van der Waals surface area contributed by atoms with Crippen molar-refractivity contribution in [2.45, 2.75) is 13.0 Å². The normalized spacial score (nSPS) is 13.7. The monoisotopic (exact) mass is 206 g/mol. The van der Waals surface area contributed by atoms with E-state index in [9.17, 15) is 0 Å². The van der Waals surface area contributed by atoms with Gasteiger partial charge in [0.1, 0.15) is 0 Å². The average Bonchev–Trinajstić information content (AvgIpc) is 2.14. The van der Waals surface area contributed by atoms with Gasteiger partial charge in [0, 0.05) is 17.1 Å². The highest BCUT2D eigenvalue weighted by molar-refractivity contribution is 9.11. The van der Waals surface area contributed by atoms with Gasteiger partial charge in [-0.05, 0) is 22.9 Å². The molecule has 0 aliphatic rings. The topological polar surface area (TPSA) is 38.9 Å². The number of hydrogen-bond acceptors (Lipinski definition) is 3. The summed E-state index contributed by atoms with van der Waals surface area (Å²) in [5, 5.41) is 0. The molecule has 1 unspecified atom stereocenters. The summed E-state index contributed by atoms with van der Waals surface area (Å²) in [6.45, 7) is 1.94. The predicted octanol–water partition coefficient (Wildman–Crippen LogP) is 1.93. The largest absolute Gasteiger partial charge is 0.323 e. The van der Waals surface area contributed by atoms with Crippen molar-refractivity contribution >= 4 is 27.3 Å². The van der Waals surface area contributed by atoms with E-state index in [1.807, 2.05) is 6.92 Å². The molecule has 0 radical (unpaired) electrons. The van der Waals surface area contributed by atoms with E-state index in [0.29, 0.717) is 0 Å². The molecule has 0 spiro atoms. The van der Waals surface area contributed by atoms with Crippen LogP contribution in [-0.2, 0) is 0 Å². The molecule has 2 N–H and O–H groups in total. The van der Waals surface area contributed by atoms with Crippen molar-refractivity contribution in [2.75, 3.05) is 0 Å². The minimum Gasteiger partial charge on any atom is -0.323 e. The molecule has 50 valence electrons. The lowest BCUT2D eigenvalue weighted by Gasteiger charge is -1.95. The van der Waals surface area contributed by atoms with Gasteiger partial charge in [-0.25, -0.2) is 4.98 Å². The number of nitrogens with two attached hydrogens (primary N) is 1. The van der Waals surface area contributed by atoms with E-state index < -0.39 is 0 Å². The quantitative estimate of drug-likeness (QED) is 0.764. The van der Waals surface area contributed by atoms with E-state index in [1.165, 1.54) is 0 Å². The number of nitrogens with zero attached hydrogens (tertiary/aromatic N) is 1. The van der Waals surface area contributed by atoms with Gasteiger partial charge in [-0.15, -0.1) is 11.3 Å². The lowest BCUT2D eigenvalue weighted by molar-refractivity contribution is 0.835. The Balaban J connectivity index is 2.85. The van der Waals surface area contributed by atoms with Crippen LogP contribution in [-0.4, -0.2) is 4.98 Å². The van der Waals surface area contributed by atoms with E-state index in [4.69, 9.17) is 5.73 Å². The lowest BCUT2D eigenvalue weighted by atomic mass is 10.3. The van der Waals surface area contributed by atoms with Crippen molar-refractivity contribution in [1.82, 2.24) is 4.98 Å². The highest BCUT2D eigenvalue weighted by Gasteiger charge is 2.01. The molecule has 0 bridgehead atoms. The van der Waals surface area contributed by atoms with Crippen LogP contribution in [0.3, 0.4) is 0 Å². The molecule has 4 heteroatoms. The minimum atomic E-state index is 0.105. The van der Waals surface area contributed by atoms with Gasteiger partial charge in [-0.1, -0.05) is 0 Å². The molecular formula is C5H7BrN2S. The van der Waals surface area contributed by atoms with Crippen molar-refractivity contribution < 1.29 is 0 Å². The second kappa shape index (κ2) is 2.77. The van der Waals surface area contributed by atoms with Crippen molar-refractivity contribution in [2.24, 2.45) is 5.73 Å². The zero-order chi connectivity index (χ0) is 6.85. The first-order valence-electron chi connectivity index (χ1n) is 2.57. The highest BCUT2D eigenvalue weighted by Crippen LogP contribution is 2.22. The molecule has 1 aromatic rings. The number of thiazole rings is 1. The van der Waals surface area contributed by atoms with E-state index in [-0.39, 0.29) is 6.04 Å². The van der Waals surface area contributed by atoms with Gasteiger partial charge >= 0.3 is 0 Å². The SMILES string of the molecule is CC(N)c1cnc(Br)s1. The van der Waals surface area contributed by atoms with Gasteiger partial charge in [0.05, 0.1) is 0 Å². The maximum absolute atomic E-state index is 5.58. The molecule has 0 aromatic carbocycles. The second-order valence-corrected chi connectivity index (χ2v) is 4.14. The molecule has 9 heavy (non-hydrogen) atoms. The van der Waals surface area contributed by atoms with Gasteiger partial charge in [-0.2, -0.15) is 0 Å². The molecule has 0 fully saturated rings. The van der Waals surface area contributed by atoms with Gasteiger partial charge in [0.15, 0.2) is 3.92 Å². The Morgan fingerprint density at radius 2 is 2.56 bits per heavy atom. The van der Waals surface area contributed by atoms with Crippen LogP contribution < -0.4 is 5.73 Å². The highest BCUT2D eigenvalue weighted by atomic mass is 79.9. The third-order valence-corrected chi connectivity index (χ3v) is 2.62. The van der Waals surface area contributed by atoms with Crippen molar-refractivity contribution in [3.05, 3.63) is 15.0 Å². The Bertz CT molecular complexity index is 197. The molecule has 0 aliphatic heterocycles. The van der Waals surface area contributed by atoms with Gasteiger partial charge in [-0.3, -0.25) is 0 Å². The maximum Gasteiger partial charge on any atom is 0.159 e. The number of aromatic nitrogens is 1. The first-order chi connectivity index (χ1) is 4.20. The zero-order valence-electron chi connectivity index (χ0n) is 4.97. The number of rotatable bonds is 1. The van der Waals surface area contributed by atoms with Crippen LogP contribution >= 0.6 is 27.3 Å². The fourth-order valence-corrected chi connectivity index (χ4v) is 1.73. The first-order valence-corrected chi connectivity index (χ1v) is 4.18. The van der Waals surface area contributed by atoms with E-state index in [2.05, 4.69) is 20.9 Å². The zero-order valence-corrected chi connectivity index (χ0v) is 7.37. The lowest BCUT2D eigenvalue weighted by Crippen LogP contribution is -2.01. The maximum atomic E-state index is 5.58. The number of halogens is 1. The third kappa shape index (κ3) is 1.74. The van der Waals surface area contributed by atoms with Crippen LogP contribution in [0.2, 0.25) is 0 Å². The molecule has 1 atom stereocenters. The predicted molar refractivity (Wildman–Crippen MR) is 42.4 cm³/mol. The standard InChI is InChI=1S/C5H7BrN2S/c1-3(7)4-2-8-5(6)9-4/h2-3H,7H2,1H3. The molecule has 0 saturated carbocycles. The summed E-state index contributed by atoms with van der Waals surface area (Å²) >= 11 is 4.83. The molecule has 0 saturated heterocycles. The minimum absolute atomic E-state index is 0.105. The summed E-state index contributed by atoms with van der Waals surface area (Å²) in [6, 6.07) is 0.105. The smallest absolute Gasteiger partial charge is 0.159 e. The van der Waals surface area contributed by atoms with Crippen molar-refractivity contribution in [1.29, 1.82) is 0 Å². The Kier molecular flexibility index (Phi) is 2.21.